The average Bonchev–Trinajstić information content (AvgIpc) is 2.62. The molecule has 0 saturated carbocycles. The molecule has 0 saturated heterocycles. The van der Waals surface area contributed by atoms with Gasteiger partial charge in [0.25, 0.3) is 5.91 Å². The molecular weight excluding hydrogens is 325 g/mol. The molecular formula is C19H20FNO4. The molecule has 0 radical (unpaired) electrons. The van der Waals surface area contributed by atoms with Crippen molar-refractivity contribution in [3.8, 4) is 5.75 Å². The van der Waals surface area contributed by atoms with Crippen molar-refractivity contribution in [1.82, 2.24) is 5.32 Å². The van der Waals surface area contributed by atoms with Crippen LogP contribution in [0, 0.1) is 12.7 Å². The summed E-state index contributed by atoms with van der Waals surface area (Å²) in [5.74, 6) is -1.00. The number of benzene rings is 2. The van der Waals surface area contributed by atoms with E-state index in [0.29, 0.717) is 11.3 Å². The second-order valence-electron chi connectivity index (χ2n) is 5.61. The van der Waals surface area contributed by atoms with Crippen molar-refractivity contribution in [2.75, 3.05) is 13.7 Å². The number of halogens is 1. The largest absolute Gasteiger partial charge is 0.497 e. The Kier molecular flexibility index (Phi) is 6.11. The van der Waals surface area contributed by atoms with Crippen molar-refractivity contribution >= 4 is 11.9 Å². The number of amides is 1. The van der Waals surface area contributed by atoms with E-state index in [1.165, 1.54) is 12.1 Å². The second-order valence-corrected chi connectivity index (χ2v) is 5.61. The molecule has 0 heterocycles. The first kappa shape index (κ1) is 18.4. The molecule has 0 fully saturated rings. The van der Waals surface area contributed by atoms with Crippen LogP contribution in [0.15, 0.2) is 42.5 Å². The van der Waals surface area contributed by atoms with Gasteiger partial charge >= 0.3 is 5.97 Å². The van der Waals surface area contributed by atoms with Gasteiger partial charge in [-0.15, -0.1) is 0 Å². The lowest BCUT2D eigenvalue weighted by Gasteiger charge is -2.15. The van der Waals surface area contributed by atoms with Crippen LogP contribution in [0.1, 0.15) is 34.5 Å². The van der Waals surface area contributed by atoms with Crippen molar-refractivity contribution in [1.29, 1.82) is 0 Å². The summed E-state index contributed by atoms with van der Waals surface area (Å²) in [6.45, 7) is 2.96. The summed E-state index contributed by atoms with van der Waals surface area (Å²) in [6, 6.07) is 11.0. The van der Waals surface area contributed by atoms with E-state index >= 15 is 0 Å². The minimum atomic E-state index is -0.747. The third-order valence-electron chi connectivity index (χ3n) is 3.71. The fourth-order valence-electron chi connectivity index (χ4n) is 2.21. The third kappa shape index (κ3) is 5.04. The molecule has 2 rings (SSSR count). The Morgan fingerprint density at radius 2 is 1.96 bits per heavy atom. The van der Waals surface area contributed by atoms with Crippen LogP contribution >= 0.6 is 0 Å². The van der Waals surface area contributed by atoms with Gasteiger partial charge in [-0.25, -0.2) is 9.18 Å². The Bertz CT molecular complexity index is 776. The highest BCUT2D eigenvalue weighted by molar-refractivity contribution is 5.91. The van der Waals surface area contributed by atoms with Gasteiger partial charge in [-0.3, -0.25) is 4.79 Å². The lowest BCUT2D eigenvalue weighted by atomic mass is 10.1. The molecule has 6 heteroatoms. The zero-order valence-electron chi connectivity index (χ0n) is 14.3. The quantitative estimate of drug-likeness (QED) is 0.817. The maximum absolute atomic E-state index is 13.5. The SMILES string of the molecule is COc1cccc(C(C)NC(=O)COC(=O)c2ccc(C)c(F)c2)c1. The molecule has 25 heavy (non-hydrogen) atoms. The van der Waals surface area contributed by atoms with Crippen LogP contribution in [0.3, 0.4) is 0 Å². The van der Waals surface area contributed by atoms with Crippen LogP contribution in [-0.2, 0) is 9.53 Å². The number of carbonyl (C=O) groups excluding carboxylic acids is 2. The fraction of sp³-hybridized carbons (Fsp3) is 0.263. The van der Waals surface area contributed by atoms with Crippen molar-refractivity contribution in [2.24, 2.45) is 0 Å². The van der Waals surface area contributed by atoms with Crippen molar-refractivity contribution in [2.45, 2.75) is 19.9 Å². The van der Waals surface area contributed by atoms with Crippen molar-refractivity contribution in [3.05, 3.63) is 65.0 Å². The standard InChI is InChI=1S/C19H20FNO4/c1-12-7-8-15(10-17(12)20)19(23)25-11-18(22)21-13(2)14-5-4-6-16(9-14)24-3/h4-10,13H,11H2,1-3H3,(H,21,22). The molecule has 1 amide bonds. The van der Waals surface area contributed by atoms with E-state index in [0.717, 1.165) is 11.6 Å². The first-order valence-electron chi connectivity index (χ1n) is 7.77. The van der Waals surface area contributed by atoms with Gasteiger partial charge in [-0.2, -0.15) is 0 Å². The lowest BCUT2D eigenvalue weighted by Crippen LogP contribution is -2.31. The monoisotopic (exact) mass is 345 g/mol. The first-order chi connectivity index (χ1) is 11.9. The molecule has 2 aromatic rings. The third-order valence-corrected chi connectivity index (χ3v) is 3.71. The number of methoxy groups -OCH3 is 1. The number of aryl methyl sites for hydroxylation is 1. The number of esters is 1. The Hall–Kier alpha value is -2.89. The highest BCUT2D eigenvalue weighted by atomic mass is 19.1. The molecule has 132 valence electrons. The molecule has 1 N–H and O–H groups in total. The van der Waals surface area contributed by atoms with Crippen LogP contribution in [0.25, 0.3) is 0 Å². The number of ether oxygens (including phenoxy) is 2. The van der Waals surface area contributed by atoms with Crippen molar-refractivity contribution in [3.63, 3.8) is 0 Å². The number of hydrogen-bond acceptors (Lipinski definition) is 4. The van der Waals surface area contributed by atoms with Crippen molar-refractivity contribution < 1.29 is 23.5 Å². The Labute approximate surface area is 145 Å². The molecule has 0 aromatic heterocycles. The number of carbonyl (C=O) groups is 2. The summed E-state index contributed by atoms with van der Waals surface area (Å²) in [4.78, 5) is 23.8. The molecule has 5 nitrogen and oxygen atoms in total. The van der Waals surface area contributed by atoms with E-state index in [-0.39, 0.29) is 11.6 Å². The summed E-state index contributed by atoms with van der Waals surface area (Å²) in [5, 5.41) is 2.73. The normalized spacial score (nSPS) is 11.5. The second kappa shape index (κ2) is 8.28. The lowest BCUT2D eigenvalue weighted by molar-refractivity contribution is -0.124. The number of hydrogen-bond donors (Lipinski definition) is 1. The Balaban J connectivity index is 1.89. The van der Waals surface area contributed by atoms with E-state index in [9.17, 15) is 14.0 Å². The maximum atomic E-state index is 13.5. The molecule has 0 aliphatic rings. The summed E-state index contributed by atoms with van der Waals surface area (Å²) in [6.07, 6.45) is 0. The van der Waals surface area contributed by atoms with Crippen LogP contribution in [0.2, 0.25) is 0 Å². The van der Waals surface area contributed by atoms with Gasteiger partial charge in [0, 0.05) is 0 Å². The van der Waals surface area contributed by atoms with E-state index in [4.69, 9.17) is 9.47 Å². The topological polar surface area (TPSA) is 64.6 Å². The van der Waals surface area contributed by atoms with Gasteiger partial charge < -0.3 is 14.8 Å². The summed E-state index contributed by atoms with van der Waals surface area (Å²) >= 11 is 0. The maximum Gasteiger partial charge on any atom is 0.338 e. The van der Waals surface area contributed by atoms with E-state index in [2.05, 4.69) is 5.32 Å². The van der Waals surface area contributed by atoms with Crippen LogP contribution in [0.4, 0.5) is 4.39 Å². The molecule has 0 bridgehead atoms. The van der Waals surface area contributed by atoms with Gasteiger partial charge in [0.1, 0.15) is 11.6 Å². The minimum Gasteiger partial charge on any atom is -0.497 e. The zero-order valence-corrected chi connectivity index (χ0v) is 14.3. The highest BCUT2D eigenvalue weighted by Gasteiger charge is 2.14. The molecule has 1 atom stereocenters. The number of nitrogens with one attached hydrogen (secondary N) is 1. The van der Waals surface area contributed by atoms with Gasteiger partial charge in [-0.05, 0) is 49.2 Å². The van der Waals surface area contributed by atoms with Crippen LogP contribution in [-0.4, -0.2) is 25.6 Å². The molecule has 0 spiro atoms. The molecule has 1 unspecified atom stereocenters. The van der Waals surface area contributed by atoms with Gasteiger partial charge in [0.15, 0.2) is 6.61 Å². The fourth-order valence-corrected chi connectivity index (χ4v) is 2.21. The minimum absolute atomic E-state index is 0.0664. The summed E-state index contributed by atoms with van der Waals surface area (Å²) in [7, 11) is 1.57. The zero-order chi connectivity index (χ0) is 18.4. The van der Waals surface area contributed by atoms with Gasteiger partial charge in [0.05, 0.1) is 18.7 Å². The smallest absolute Gasteiger partial charge is 0.338 e. The molecule has 0 aliphatic heterocycles. The van der Waals surface area contributed by atoms with Gasteiger partial charge in [-0.1, -0.05) is 18.2 Å². The molecule has 0 aliphatic carbocycles. The Morgan fingerprint density at radius 3 is 2.64 bits per heavy atom. The predicted octanol–water partition coefficient (Wildman–Crippen LogP) is 3.18. The number of rotatable bonds is 6. The summed E-state index contributed by atoms with van der Waals surface area (Å²) in [5.41, 5.74) is 1.36. The predicted molar refractivity (Wildman–Crippen MR) is 91.0 cm³/mol. The van der Waals surface area contributed by atoms with E-state index < -0.39 is 24.3 Å². The van der Waals surface area contributed by atoms with Gasteiger partial charge in [0.2, 0.25) is 0 Å². The van der Waals surface area contributed by atoms with E-state index in [1.807, 2.05) is 25.1 Å². The van der Waals surface area contributed by atoms with Crippen LogP contribution < -0.4 is 10.1 Å². The summed E-state index contributed by atoms with van der Waals surface area (Å²) < 4.78 is 23.5. The molecule has 2 aromatic carbocycles. The van der Waals surface area contributed by atoms with E-state index in [1.54, 1.807) is 20.1 Å². The highest BCUT2D eigenvalue weighted by Crippen LogP contribution is 2.18. The van der Waals surface area contributed by atoms with Crippen LogP contribution in [0.5, 0.6) is 5.75 Å². The average molecular weight is 345 g/mol. The first-order valence-corrected chi connectivity index (χ1v) is 7.77. The Morgan fingerprint density at radius 1 is 1.20 bits per heavy atom.